The number of allylic oxidation sites excluding steroid dienone is 4. The second kappa shape index (κ2) is 12.3. The minimum Gasteiger partial charge on any atom is -0.494 e. The van der Waals surface area contributed by atoms with E-state index in [1.165, 1.54) is 0 Å². The summed E-state index contributed by atoms with van der Waals surface area (Å²) in [5.41, 5.74) is 2.34. The number of ether oxygens (including phenoxy) is 2. The predicted molar refractivity (Wildman–Crippen MR) is 139 cm³/mol. The third kappa shape index (κ3) is 5.95. The van der Waals surface area contributed by atoms with Crippen molar-refractivity contribution in [2.24, 2.45) is 16.3 Å². The minimum atomic E-state index is -0.603. The lowest BCUT2D eigenvalue weighted by molar-refractivity contribution is -0.140. The van der Waals surface area contributed by atoms with Crippen LogP contribution in [0, 0.1) is 11.3 Å². The monoisotopic (exact) mass is 486 g/mol. The van der Waals surface area contributed by atoms with Gasteiger partial charge in [0.2, 0.25) is 0 Å². The van der Waals surface area contributed by atoms with Gasteiger partial charge in [0.25, 0.3) is 0 Å². The molecular formula is C28H42N2O5. The largest absolute Gasteiger partial charge is 0.494 e. The number of hydrogen-bond donors (Lipinski definition) is 1. The first-order chi connectivity index (χ1) is 16.6. The van der Waals surface area contributed by atoms with Crippen LogP contribution in [0.25, 0.3) is 0 Å². The summed E-state index contributed by atoms with van der Waals surface area (Å²) in [6.45, 7) is 12.2. The molecule has 7 nitrogen and oxygen atoms in total. The molecule has 0 bridgehead atoms. The molecule has 0 radical (unpaired) electrons. The molecule has 0 amide bonds. The Bertz CT molecular complexity index is 954. The first-order valence-electron chi connectivity index (χ1n) is 12.6. The Labute approximate surface area is 210 Å². The number of rotatable bonds is 10. The second-order valence-electron chi connectivity index (χ2n) is 9.77. The molecule has 1 heterocycles. The lowest BCUT2D eigenvalue weighted by Gasteiger charge is -2.48. The smallest absolute Gasteiger partial charge is 0.343 e. The number of aliphatic hydroxyl groups excluding tert-OH is 1. The number of aliphatic hydroxyl groups is 1. The van der Waals surface area contributed by atoms with Gasteiger partial charge in [-0.1, -0.05) is 46.8 Å². The fourth-order valence-corrected chi connectivity index (χ4v) is 5.07. The van der Waals surface area contributed by atoms with E-state index in [4.69, 9.17) is 9.47 Å². The van der Waals surface area contributed by atoms with Gasteiger partial charge in [0.05, 0.1) is 26.4 Å². The van der Waals surface area contributed by atoms with Crippen molar-refractivity contribution >= 4 is 17.5 Å². The lowest BCUT2D eigenvalue weighted by atomic mass is 9.76. The van der Waals surface area contributed by atoms with Crippen molar-refractivity contribution in [2.45, 2.75) is 72.9 Å². The van der Waals surface area contributed by atoms with Gasteiger partial charge in [0.1, 0.15) is 17.0 Å². The summed E-state index contributed by atoms with van der Waals surface area (Å²) in [6, 6.07) is -0.430. The highest BCUT2D eigenvalue weighted by molar-refractivity contribution is 6.18. The fraction of sp³-hybridized carbons (Fsp3) is 0.607. The van der Waals surface area contributed by atoms with E-state index in [9.17, 15) is 14.7 Å². The van der Waals surface area contributed by atoms with E-state index in [-0.39, 0.29) is 49.0 Å². The van der Waals surface area contributed by atoms with Crippen LogP contribution < -0.4 is 0 Å². The molecule has 7 heteroatoms. The zero-order valence-corrected chi connectivity index (χ0v) is 22.6. The molecule has 2 rings (SSSR count). The molecular weight excluding hydrogens is 444 g/mol. The van der Waals surface area contributed by atoms with Gasteiger partial charge in [0, 0.05) is 36.7 Å². The highest BCUT2D eigenvalue weighted by atomic mass is 16.5. The van der Waals surface area contributed by atoms with Crippen molar-refractivity contribution in [3.8, 4) is 0 Å². The average molecular weight is 487 g/mol. The number of esters is 1. The molecule has 1 aliphatic heterocycles. The molecule has 1 aliphatic carbocycles. The maximum Gasteiger partial charge on any atom is 0.343 e. The summed E-state index contributed by atoms with van der Waals surface area (Å²) in [5.74, 6) is -0.0338. The quantitative estimate of drug-likeness (QED) is 0.364. The minimum absolute atomic E-state index is 0.0291. The summed E-state index contributed by atoms with van der Waals surface area (Å²) in [7, 11) is 3.36. The van der Waals surface area contributed by atoms with Crippen molar-refractivity contribution in [3.63, 3.8) is 0 Å². The topological polar surface area (TPSA) is 88.4 Å². The summed E-state index contributed by atoms with van der Waals surface area (Å²) < 4.78 is 10.8. The van der Waals surface area contributed by atoms with E-state index in [1.807, 2.05) is 32.1 Å². The summed E-state index contributed by atoms with van der Waals surface area (Å²) >= 11 is 0. The SMILES string of the molecule is CCOC(=O)C1=CN(C(CC)C(C)(C)CO)C(/C(=C2\C=CC=C(OC)C2=NC)C(C)CC)CC1=O. The van der Waals surface area contributed by atoms with Gasteiger partial charge in [-0.2, -0.15) is 0 Å². The van der Waals surface area contributed by atoms with E-state index >= 15 is 0 Å². The van der Waals surface area contributed by atoms with Crippen molar-refractivity contribution in [1.29, 1.82) is 0 Å². The number of hydrogen-bond acceptors (Lipinski definition) is 7. The van der Waals surface area contributed by atoms with Gasteiger partial charge in [-0.05, 0) is 37.3 Å². The molecule has 0 spiro atoms. The van der Waals surface area contributed by atoms with Crippen LogP contribution >= 0.6 is 0 Å². The fourth-order valence-electron chi connectivity index (χ4n) is 5.07. The molecule has 3 unspecified atom stereocenters. The molecule has 3 atom stereocenters. The first-order valence-corrected chi connectivity index (χ1v) is 12.6. The highest BCUT2D eigenvalue weighted by Crippen LogP contribution is 2.39. The summed E-state index contributed by atoms with van der Waals surface area (Å²) in [5, 5.41) is 10.2. The second-order valence-corrected chi connectivity index (χ2v) is 9.77. The molecule has 0 fully saturated rings. The molecule has 1 N–H and O–H groups in total. The molecule has 0 saturated carbocycles. The van der Waals surface area contributed by atoms with Gasteiger partial charge in [0.15, 0.2) is 5.78 Å². The van der Waals surface area contributed by atoms with Crippen LogP contribution in [0.3, 0.4) is 0 Å². The molecule has 0 aromatic carbocycles. The number of aliphatic imine (C=N–C) groups is 1. The first kappa shape index (κ1) is 28.6. The standard InChI is InChI=1S/C28H42N2O5/c1-9-18(4)25(19-13-12-14-23(34-8)26(19)29-7)21-15-22(32)20(27(33)35-11-3)16-30(21)24(10-2)28(5,6)17-31/h12-14,16,18,21,24,31H,9-11,15,17H2,1-8H3/b25-19+,29-26?. The molecule has 0 aromatic rings. The van der Waals surface area contributed by atoms with E-state index in [2.05, 4.69) is 30.7 Å². The number of carbonyl (C=O) groups is 2. The third-order valence-corrected chi connectivity index (χ3v) is 7.12. The Kier molecular flexibility index (Phi) is 10.1. The Morgan fingerprint density at radius 1 is 1.29 bits per heavy atom. The number of Topliss-reactive ketones (excluding diaryl/α,β-unsaturated/α-hetero) is 1. The Balaban J connectivity index is 2.83. The van der Waals surface area contributed by atoms with Gasteiger partial charge >= 0.3 is 5.97 Å². The van der Waals surface area contributed by atoms with Crippen LogP contribution in [0.2, 0.25) is 0 Å². The van der Waals surface area contributed by atoms with Crippen LogP contribution in [0.4, 0.5) is 0 Å². The normalized spacial score (nSPS) is 23.0. The van der Waals surface area contributed by atoms with Crippen molar-refractivity contribution in [1.82, 2.24) is 4.90 Å². The lowest BCUT2D eigenvalue weighted by Crippen LogP contribution is -2.53. The summed E-state index contributed by atoms with van der Waals surface area (Å²) in [6.07, 6.45) is 9.25. The van der Waals surface area contributed by atoms with E-state index in [0.717, 1.165) is 29.7 Å². The highest BCUT2D eigenvalue weighted by Gasteiger charge is 2.43. The molecule has 0 aromatic heterocycles. The number of nitrogens with zero attached hydrogens (tertiary/aromatic N) is 2. The number of ketones is 1. The van der Waals surface area contributed by atoms with Crippen LogP contribution in [0.15, 0.2) is 51.9 Å². The third-order valence-electron chi connectivity index (χ3n) is 7.12. The van der Waals surface area contributed by atoms with Crippen molar-refractivity contribution in [3.05, 3.63) is 46.9 Å². The van der Waals surface area contributed by atoms with E-state index in [0.29, 0.717) is 5.76 Å². The maximum atomic E-state index is 13.3. The predicted octanol–water partition coefficient (Wildman–Crippen LogP) is 4.39. The van der Waals surface area contributed by atoms with Crippen LogP contribution in [-0.4, -0.2) is 66.9 Å². The van der Waals surface area contributed by atoms with Crippen molar-refractivity contribution in [2.75, 3.05) is 27.4 Å². The van der Waals surface area contributed by atoms with Crippen molar-refractivity contribution < 1.29 is 24.2 Å². The van der Waals surface area contributed by atoms with Gasteiger partial charge < -0.3 is 19.5 Å². The van der Waals surface area contributed by atoms with Gasteiger partial charge in [-0.3, -0.25) is 9.79 Å². The molecule has 2 aliphatic rings. The average Bonchev–Trinajstić information content (AvgIpc) is 2.85. The Hall–Kier alpha value is -2.67. The Morgan fingerprint density at radius 3 is 2.49 bits per heavy atom. The van der Waals surface area contributed by atoms with Crippen LogP contribution in [0.1, 0.15) is 60.8 Å². The van der Waals surface area contributed by atoms with Crippen LogP contribution in [0.5, 0.6) is 0 Å². The van der Waals surface area contributed by atoms with Gasteiger partial charge in [-0.15, -0.1) is 0 Å². The van der Waals surface area contributed by atoms with E-state index in [1.54, 1.807) is 27.3 Å². The zero-order chi connectivity index (χ0) is 26.3. The maximum absolute atomic E-state index is 13.3. The summed E-state index contributed by atoms with van der Waals surface area (Å²) in [4.78, 5) is 32.6. The zero-order valence-electron chi connectivity index (χ0n) is 22.6. The van der Waals surface area contributed by atoms with Crippen LogP contribution in [-0.2, 0) is 19.1 Å². The molecule has 35 heavy (non-hydrogen) atoms. The Morgan fingerprint density at radius 2 is 1.97 bits per heavy atom. The number of methoxy groups -OCH3 is 1. The number of carbonyl (C=O) groups excluding carboxylic acids is 2. The van der Waals surface area contributed by atoms with Gasteiger partial charge in [-0.25, -0.2) is 4.79 Å². The molecule has 194 valence electrons. The molecule has 0 saturated heterocycles. The van der Waals surface area contributed by atoms with E-state index < -0.39 is 11.4 Å².